The van der Waals surface area contributed by atoms with Gasteiger partial charge in [-0.2, -0.15) is 0 Å². The Morgan fingerprint density at radius 2 is 1.25 bits per heavy atom. The van der Waals surface area contributed by atoms with E-state index in [4.69, 9.17) is 18.9 Å². The number of carbonyl (C=O) groups is 1. The molecule has 0 bridgehead atoms. The zero-order chi connectivity index (χ0) is 23.1. The molecule has 0 aliphatic carbocycles. The van der Waals surface area contributed by atoms with Gasteiger partial charge in [-0.1, -0.05) is 6.92 Å². The molecular formula is C26H31NO5. The second kappa shape index (κ2) is 10.9. The molecule has 0 spiro atoms. The van der Waals surface area contributed by atoms with Crippen molar-refractivity contribution in [3.05, 3.63) is 58.7 Å². The topological polar surface area (TPSA) is 57.2 Å². The summed E-state index contributed by atoms with van der Waals surface area (Å²) in [7, 11) is 6.46. The van der Waals surface area contributed by atoms with Crippen molar-refractivity contribution in [1.29, 1.82) is 0 Å². The van der Waals surface area contributed by atoms with Crippen molar-refractivity contribution in [2.24, 2.45) is 0 Å². The lowest BCUT2D eigenvalue weighted by Gasteiger charge is -2.29. The van der Waals surface area contributed by atoms with Crippen LogP contribution < -0.4 is 18.9 Å². The van der Waals surface area contributed by atoms with E-state index in [-0.39, 0.29) is 5.78 Å². The lowest BCUT2D eigenvalue weighted by molar-refractivity contribution is -0.113. The maximum atomic E-state index is 13.4. The average Bonchev–Trinajstić information content (AvgIpc) is 2.82. The number of hydrogen-bond acceptors (Lipinski definition) is 6. The number of piperidine rings is 1. The Balaban J connectivity index is 2.02. The number of ketones is 1. The number of Topliss-reactive ketones (excluding diaryl/α,β-unsaturated/α-hetero) is 1. The quantitative estimate of drug-likeness (QED) is 0.568. The lowest BCUT2D eigenvalue weighted by Crippen LogP contribution is -2.38. The molecular weight excluding hydrogens is 406 g/mol. The van der Waals surface area contributed by atoms with E-state index in [0.717, 1.165) is 35.2 Å². The van der Waals surface area contributed by atoms with Crippen LogP contribution in [0.4, 0.5) is 0 Å². The van der Waals surface area contributed by atoms with Gasteiger partial charge in [0.2, 0.25) is 0 Å². The molecule has 0 saturated carbocycles. The summed E-state index contributed by atoms with van der Waals surface area (Å²) in [6.07, 6.45) is 4.84. The number of rotatable bonds is 8. The molecule has 1 heterocycles. The van der Waals surface area contributed by atoms with Crippen LogP contribution in [0.1, 0.15) is 24.5 Å². The third-order valence-corrected chi connectivity index (χ3v) is 5.45. The first-order valence-corrected chi connectivity index (χ1v) is 10.6. The second-order valence-corrected chi connectivity index (χ2v) is 7.59. The van der Waals surface area contributed by atoms with E-state index in [1.807, 2.05) is 48.6 Å². The average molecular weight is 438 g/mol. The van der Waals surface area contributed by atoms with Gasteiger partial charge in [0, 0.05) is 47.5 Å². The summed E-state index contributed by atoms with van der Waals surface area (Å²) < 4.78 is 21.6. The van der Waals surface area contributed by atoms with E-state index in [1.54, 1.807) is 28.4 Å². The molecule has 0 aromatic heterocycles. The molecule has 6 heteroatoms. The molecule has 1 aliphatic heterocycles. The highest BCUT2D eigenvalue weighted by Gasteiger charge is 2.26. The number of ether oxygens (including phenoxy) is 4. The molecule has 2 aromatic rings. The minimum absolute atomic E-state index is 0.0353. The molecule has 1 saturated heterocycles. The Kier molecular flexibility index (Phi) is 7.95. The minimum atomic E-state index is 0.0353. The fourth-order valence-corrected chi connectivity index (χ4v) is 3.84. The number of likely N-dealkylation sites (tertiary alicyclic amines) is 1. The normalized spacial score (nSPS) is 17.0. The van der Waals surface area contributed by atoms with Crippen LogP contribution in [-0.4, -0.2) is 58.8 Å². The van der Waals surface area contributed by atoms with E-state index in [9.17, 15) is 4.79 Å². The van der Waals surface area contributed by atoms with Gasteiger partial charge in [-0.05, 0) is 49.4 Å². The molecule has 3 rings (SSSR count). The van der Waals surface area contributed by atoms with Gasteiger partial charge in [0.05, 0.1) is 28.4 Å². The summed E-state index contributed by atoms with van der Waals surface area (Å²) in [5, 5.41) is 0. The van der Waals surface area contributed by atoms with Crippen LogP contribution in [0.2, 0.25) is 0 Å². The predicted octanol–water partition coefficient (Wildman–Crippen LogP) is 4.48. The number of benzene rings is 2. The third kappa shape index (κ3) is 5.32. The van der Waals surface area contributed by atoms with Crippen molar-refractivity contribution in [3.63, 3.8) is 0 Å². The number of hydrogen-bond donors (Lipinski definition) is 0. The van der Waals surface area contributed by atoms with E-state index in [0.29, 0.717) is 36.1 Å². The summed E-state index contributed by atoms with van der Waals surface area (Å²) in [4.78, 5) is 15.7. The fraction of sp³-hybridized carbons (Fsp3) is 0.346. The first-order valence-electron chi connectivity index (χ1n) is 10.6. The SMILES string of the molecule is CCCN1CC(=Cc2ccc(OC)cc2OC)C(=O)C(=Cc2ccc(OC)cc2OC)C1. The third-order valence-electron chi connectivity index (χ3n) is 5.45. The van der Waals surface area contributed by atoms with Crippen molar-refractivity contribution in [2.75, 3.05) is 48.1 Å². The number of nitrogens with zero attached hydrogens (tertiary/aromatic N) is 1. The van der Waals surface area contributed by atoms with Crippen molar-refractivity contribution in [3.8, 4) is 23.0 Å². The molecule has 6 nitrogen and oxygen atoms in total. The standard InChI is InChI=1S/C26H31NO5/c1-6-11-27-16-20(12-18-7-9-22(29-2)14-24(18)31-4)26(28)21(17-27)13-19-8-10-23(30-3)15-25(19)32-5/h7-10,12-15H,6,11,16-17H2,1-5H3. The maximum Gasteiger partial charge on any atom is 0.187 e. The van der Waals surface area contributed by atoms with Crippen LogP contribution in [0.25, 0.3) is 12.2 Å². The zero-order valence-corrected chi connectivity index (χ0v) is 19.4. The van der Waals surface area contributed by atoms with Crippen molar-refractivity contribution in [1.82, 2.24) is 4.90 Å². The Hall–Kier alpha value is -3.25. The van der Waals surface area contributed by atoms with Gasteiger partial charge in [-0.25, -0.2) is 0 Å². The molecule has 1 fully saturated rings. The molecule has 0 amide bonds. The summed E-state index contributed by atoms with van der Waals surface area (Å²) in [6, 6.07) is 11.2. The maximum absolute atomic E-state index is 13.4. The van der Waals surface area contributed by atoms with Crippen molar-refractivity contribution in [2.45, 2.75) is 13.3 Å². The predicted molar refractivity (Wildman–Crippen MR) is 127 cm³/mol. The van der Waals surface area contributed by atoms with Gasteiger partial charge < -0.3 is 18.9 Å². The Labute approximate surface area is 190 Å². The lowest BCUT2D eigenvalue weighted by atomic mass is 9.93. The van der Waals surface area contributed by atoms with Crippen LogP contribution in [-0.2, 0) is 4.79 Å². The van der Waals surface area contributed by atoms with Crippen LogP contribution in [0.15, 0.2) is 47.5 Å². The van der Waals surface area contributed by atoms with Gasteiger partial charge in [-0.15, -0.1) is 0 Å². The van der Waals surface area contributed by atoms with E-state index in [1.165, 1.54) is 0 Å². The van der Waals surface area contributed by atoms with Crippen LogP contribution >= 0.6 is 0 Å². The molecule has 170 valence electrons. The number of methoxy groups -OCH3 is 4. The van der Waals surface area contributed by atoms with E-state index in [2.05, 4.69) is 11.8 Å². The zero-order valence-electron chi connectivity index (χ0n) is 19.4. The molecule has 0 unspecified atom stereocenters. The van der Waals surface area contributed by atoms with Crippen LogP contribution in [0.5, 0.6) is 23.0 Å². The highest BCUT2D eigenvalue weighted by atomic mass is 16.5. The molecule has 0 atom stereocenters. The summed E-state index contributed by atoms with van der Waals surface area (Å²) in [5.74, 6) is 2.78. The largest absolute Gasteiger partial charge is 0.497 e. The second-order valence-electron chi connectivity index (χ2n) is 7.59. The van der Waals surface area contributed by atoms with Crippen molar-refractivity contribution < 1.29 is 23.7 Å². The summed E-state index contributed by atoms with van der Waals surface area (Å²) >= 11 is 0. The molecule has 1 aliphatic rings. The first-order chi connectivity index (χ1) is 15.5. The van der Waals surface area contributed by atoms with Gasteiger partial charge in [0.15, 0.2) is 5.78 Å². The molecule has 0 N–H and O–H groups in total. The fourth-order valence-electron chi connectivity index (χ4n) is 3.84. The van der Waals surface area contributed by atoms with Gasteiger partial charge in [-0.3, -0.25) is 9.69 Å². The van der Waals surface area contributed by atoms with E-state index < -0.39 is 0 Å². The van der Waals surface area contributed by atoms with Crippen LogP contribution in [0, 0.1) is 0 Å². The Bertz CT molecular complexity index is 947. The number of carbonyl (C=O) groups excluding carboxylic acids is 1. The Morgan fingerprint density at radius 3 is 1.62 bits per heavy atom. The molecule has 2 aromatic carbocycles. The highest BCUT2D eigenvalue weighted by molar-refractivity contribution is 6.14. The monoisotopic (exact) mass is 437 g/mol. The summed E-state index contributed by atoms with van der Waals surface area (Å²) in [6.45, 7) is 4.24. The van der Waals surface area contributed by atoms with Crippen LogP contribution in [0.3, 0.4) is 0 Å². The summed E-state index contributed by atoms with van der Waals surface area (Å²) in [5.41, 5.74) is 3.14. The van der Waals surface area contributed by atoms with Crippen molar-refractivity contribution >= 4 is 17.9 Å². The molecule has 32 heavy (non-hydrogen) atoms. The first kappa shape index (κ1) is 23.4. The molecule has 0 radical (unpaired) electrons. The van der Waals surface area contributed by atoms with E-state index >= 15 is 0 Å². The van der Waals surface area contributed by atoms with Gasteiger partial charge >= 0.3 is 0 Å². The smallest absolute Gasteiger partial charge is 0.187 e. The Morgan fingerprint density at radius 1 is 0.781 bits per heavy atom. The minimum Gasteiger partial charge on any atom is -0.497 e. The van der Waals surface area contributed by atoms with Gasteiger partial charge in [0.25, 0.3) is 0 Å². The van der Waals surface area contributed by atoms with Gasteiger partial charge in [0.1, 0.15) is 23.0 Å². The highest BCUT2D eigenvalue weighted by Crippen LogP contribution is 2.31.